The highest BCUT2D eigenvalue weighted by atomic mass is 32.2. The van der Waals surface area contributed by atoms with Gasteiger partial charge in [0, 0.05) is 33.5 Å². The van der Waals surface area contributed by atoms with E-state index in [4.69, 9.17) is 0 Å². The van der Waals surface area contributed by atoms with Crippen molar-refractivity contribution in [1.82, 2.24) is 0 Å². The largest absolute Gasteiger partial charge is 0.506 e. The summed E-state index contributed by atoms with van der Waals surface area (Å²) < 4.78 is 66.0. The smallest absolute Gasteiger partial charge is 0.323 e. The second-order valence-corrected chi connectivity index (χ2v) is 14.0. The van der Waals surface area contributed by atoms with E-state index < -0.39 is 36.1 Å². The van der Waals surface area contributed by atoms with E-state index in [0.717, 1.165) is 21.9 Å². The Morgan fingerprint density at radius 2 is 0.885 bits per heavy atom. The zero-order valence-corrected chi connectivity index (χ0v) is 28.0. The number of hydrogen-bond donors (Lipinski definition) is 6. The van der Waals surface area contributed by atoms with Crippen molar-refractivity contribution in [2.24, 2.45) is 0 Å². The fraction of sp³-hybridized carbons (Fsp3) is 0. The summed E-state index contributed by atoms with van der Waals surface area (Å²) in [7, 11) is -9.16. The number of phenolic OH excluding ortho intramolecular Hbond substituents is 2. The number of carbonyl (C=O) groups is 3. The maximum atomic E-state index is 12.8. The van der Waals surface area contributed by atoms with Gasteiger partial charge >= 0.3 is 6.03 Å². The van der Waals surface area contributed by atoms with Crippen LogP contribution in [0.4, 0.5) is 38.9 Å². The molecule has 0 spiro atoms. The predicted molar refractivity (Wildman–Crippen MR) is 193 cm³/mol. The van der Waals surface area contributed by atoms with Crippen LogP contribution in [0.2, 0.25) is 0 Å². The molecule has 0 aliphatic carbocycles. The summed E-state index contributed by atoms with van der Waals surface area (Å²) in [4.78, 5) is 38.6. The second-order valence-electron chi connectivity index (χ2n) is 11.2. The first kappa shape index (κ1) is 35.3. The van der Waals surface area contributed by atoms with Crippen LogP contribution in [0, 0.1) is 0 Å². The van der Waals surface area contributed by atoms with Crippen molar-refractivity contribution in [3.8, 4) is 11.5 Å². The Kier molecular flexibility index (Phi) is 9.26. The van der Waals surface area contributed by atoms with Crippen molar-refractivity contribution in [3.63, 3.8) is 0 Å². The topological polar surface area (TPSA) is 231 Å². The van der Waals surface area contributed by atoms with Crippen LogP contribution in [0.25, 0.3) is 21.5 Å². The zero-order chi connectivity index (χ0) is 37.4. The summed E-state index contributed by atoms with van der Waals surface area (Å²) in [5.41, 5.74) is 1.05. The van der Waals surface area contributed by atoms with Gasteiger partial charge in [-0.25, -0.2) is 4.79 Å². The molecule has 6 aromatic carbocycles. The van der Waals surface area contributed by atoms with Gasteiger partial charge in [0.1, 0.15) is 11.5 Å². The van der Waals surface area contributed by atoms with Crippen molar-refractivity contribution in [2.45, 2.75) is 9.79 Å². The van der Waals surface area contributed by atoms with Crippen LogP contribution >= 0.6 is 0 Å². The van der Waals surface area contributed by atoms with Crippen LogP contribution in [0.15, 0.2) is 119 Å². The van der Waals surface area contributed by atoms with Gasteiger partial charge in [0.05, 0.1) is 21.2 Å². The minimum atomic E-state index is -4.58. The Labute approximate surface area is 295 Å². The van der Waals surface area contributed by atoms with Gasteiger partial charge in [0.15, 0.2) is 0 Å². The van der Waals surface area contributed by atoms with E-state index in [0.29, 0.717) is 35.0 Å². The lowest BCUT2D eigenvalue weighted by molar-refractivity contribution is -0.107. The molecule has 0 fully saturated rings. The van der Waals surface area contributed by atoms with Crippen LogP contribution in [0.3, 0.4) is 0 Å². The quantitative estimate of drug-likeness (QED) is 0.0690. The molecule has 0 heterocycles. The molecular weight excluding hydrogens is 717 g/mol. The summed E-state index contributed by atoms with van der Waals surface area (Å²) in [5.74, 6) is -0.674. The molecule has 0 aliphatic rings. The lowest BCUT2D eigenvalue weighted by Crippen LogP contribution is -2.20. The van der Waals surface area contributed by atoms with Gasteiger partial charge < -0.3 is 20.8 Å². The first-order valence-corrected chi connectivity index (χ1v) is 17.8. The number of anilines is 6. The van der Waals surface area contributed by atoms with E-state index in [2.05, 4.69) is 10.6 Å². The Bertz CT molecular complexity index is 2440. The number of urea groups is 1. The van der Waals surface area contributed by atoms with Crippen LogP contribution in [0.1, 0.15) is 0 Å². The van der Waals surface area contributed by atoms with E-state index in [1.807, 2.05) is 0 Å². The highest BCUT2D eigenvalue weighted by molar-refractivity contribution is 7.86. The molecule has 0 saturated heterocycles. The van der Waals surface area contributed by atoms with Crippen molar-refractivity contribution < 1.29 is 50.5 Å². The molecule has 17 heteroatoms. The number of aromatic hydroxyl groups is 2. The third kappa shape index (κ3) is 7.05. The van der Waals surface area contributed by atoms with E-state index in [1.54, 1.807) is 0 Å². The molecule has 0 radical (unpaired) electrons. The van der Waals surface area contributed by atoms with E-state index in [9.17, 15) is 50.5 Å². The number of carbonyl (C=O) groups excluding carboxylic acids is 3. The maximum absolute atomic E-state index is 12.8. The SMILES string of the molecule is O=CN(c1ccc(NC(=O)Nc2ccc(N(C=O)c3c(O)ccc4ccc(S(=O)(=O)O)cc34)cc2)cc1)c1c(O)ccc2ccc(S(=O)(=O)O)cc12. The predicted octanol–water partition coefficient (Wildman–Crippen LogP) is 6.13. The Morgan fingerprint density at radius 3 is 1.21 bits per heavy atom. The number of benzene rings is 6. The summed E-state index contributed by atoms with van der Waals surface area (Å²) in [5, 5.41) is 27.9. The summed E-state index contributed by atoms with van der Waals surface area (Å²) in [6.07, 6.45) is 0.829. The normalized spacial score (nSPS) is 11.6. The van der Waals surface area contributed by atoms with Crippen LogP contribution in [0.5, 0.6) is 11.5 Å². The number of amides is 4. The lowest BCUT2D eigenvalue weighted by Gasteiger charge is -2.22. The number of fused-ring (bicyclic) bond motifs is 2. The number of hydrogen-bond acceptors (Lipinski definition) is 9. The average molecular weight is 743 g/mol. The molecule has 0 aromatic heterocycles. The Balaban J connectivity index is 1.19. The third-order valence-electron chi connectivity index (χ3n) is 7.98. The van der Waals surface area contributed by atoms with Gasteiger partial charge in [0.2, 0.25) is 12.8 Å². The molecule has 0 bridgehead atoms. The van der Waals surface area contributed by atoms with Gasteiger partial charge in [-0.2, -0.15) is 16.8 Å². The molecule has 15 nitrogen and oxygen atoms in total. The number of rotatable bonds is 10. The molecule has 0 atom stereocenters. The Hall–Kier alpha value is -6.53. The number of nitrogens with zero attached hydrogens (tertiary/aromatic N) is 2. The minimum absolute atomic E-state index is 0.0356. The zero-order valence-electron chi connectivity index (χ0n) is 26.4. The molecule has 6 N–H and O–H groups in total. The van der Waals surface area contributed by atoms with Crippen LogP contribution in [-0.2, 0) is 29.8 Å². The summed E-state index contributed by atoms with van der Waals surface area (Å²) in [6.45, 7) is 0. The number of phenols is 2. The van der Waals surface area contributed by atoms with Crippen molar-refractivity contribution in [1.29, 1.82) is 0 Å². The molecule has 0 saturated carbocycles. The maximum Gasteiger partial charge on any atom is 0.323 e. The first-order chi connectivity index (χ1) is 24.7. The van der Waals surface area contributed by atoms with Gasteiger partial charge in [-0.3, -0.25) is 28.5 Å². The van der Waals surface area contributed by atoms with Gasteiger partial charge in [-0.1, -0.05) is 24.3 Å². The second kappa shape index (κ2) is 13.6. The van der Waals surface area contributed by atoms with Crippen molar-refractivity contribution in [3.05, 3.63) is 109 Å². The highest BCUT2D eigenvalue weighted by Gasteiger charge is 2.21. The van der Waals surface area contributed by atoms with Gasteiger partial charge in [-0.05, 0) is 95.7 Å². The number of nitrogens with one attached hydrogen (secondary N) is 2. The van der Waals surface area contributed by atoms with E-state index in [1.165, 1.54) is 97.1 Å². The molecule has 52 heavy (non-hydrogen) atoms. The molecular formula is C35H26N4O11S2. The van der Waals surface area contributed by atoms with Crippen molar-refractivity contribution in [2.75, 3.05) is 20.4 Å². The molecule has 0 aliphatic heterocycles. The average Bonchev–Trinajstić information content (AvgIpc) is 3.10. The van der Waals surface area contributed by atoms with E-state index in [-0.39, 0.29) is 45.0 Å². The molecule has 264 valence electrons. The fourth-order valence-corrected chi connectivity index (χ4v) is 6.57. The van der Waals surface area contributed by atoms with Gasteiger partial charge in [-0.15, -0.1) is 0 Å². The van der Waals surface area contributed by atoms with Crippen LogP contribution in [-0.4, -0.2) is 55.0 Å². The highest BCUT2D eigenvalue weighted by Crippen LogP contribution is 2.41. The summed E-state index contributed by atoms with van der Waals surface area (Å²) in [6, 6.07) is 24.3. The first-order valence-electron chi connectivity index (χ1n) is 14.9. The minimum Gasteiger partial charge on any atom is -0.506 e. The Morgan fingerprint density at radius 1 is 0.538 bits per heavy atom. The third-order valence-corrected chi connectivity index (χ3v) is 9.68. The monoisotopic (exact) mass is 742 g/mol. The van der Waals surface area contributed by atoms with E-state index >= 15 is 0 Å². The molecule has 6 rings (SSSR count). The molecule has 6 aromatic rings. The molecule has 4 amide bonds. The lowest BCUT2D eigenvalue weighted by atomic mass is 10.1. The van der Waals surface area contributed by atoms with Crippen LogP contribution < -0.4 is 20.4 Å². The fourth-order valence-electron chi connectivity index (χ4n) is 5.56. The molecule has 0 unspecified atom stereocenters. The van der Waals surface area contributed by atoms with Gasteiger partial charge in [0.25, 0.3) is 20.2 Å². The van der Waals surface area contributed by atoms with Crippen molar-refractivity contribution >= 4 is 94.8 Å². The summed E-state index contributed by atoms with van der Waals surface area (Å²) >= 11 is 0. The standard InChI is InChI=1S/C35H26N4O11S2/c40-19-38(33-29-17-27(51(45,46)47)13-1-21(29)3-15-31(33)42)25-9-5-23(6-10-25)36-35(44)37-24-7-11-26(12-8-24)39(20-41)34-30-18-28(52(48,49)50)14-2-22(30)4-16-32(34)43/h1-20,42-43H,(H2,36,37,44)(H,45,46,47)(H,48,49,50).